The van der Waals surface area contributed by atoms with Crippen LogP contribution in [0.3, 0.4) is 0 Å². The van der Waals surface area contributed by atoms with Gasteiger partial charge in [0.15, 0.2) is 5.65 Å². The van der Waals surface area contributed by atoms with Crippen molar-refractivity contribution >= 4 is 34.2 Å². The van der Waals surface area contributed by atoms with E-state index in [0.717, 1.165) is 11.3 Å². The van der Waals surface area contributed by atoms with E-state index in [1.165, 1.54) is 17.2 Å². The molecule has 2 heterocycles. The van der Waals surface area contributed by atoms with Crippen LogP contribution in [0.25, 0.3) is 16.7 Å². The molecule has 0 saturated carbocycles. The summed E-state index contributed by atoms with van der Waals surface area (Å²) in [5, 5.41) is 8.24. The molecule has 4 rings (SSSR count). The quantitative estimate of drug-likeness (QED) is 0.427. The first kappa shape index (κ1) is 20.6. The Kier molecular flexibility index (Phi) is 5.99. The van der Waals surface area contributed by atoms with Crippen LogP contribution in [-0.2, 0) is 4.79 Å². The number of nitrogens with one attached hydrogen (secondary N) is 2. The van der Waals surface area contributed by atoms with Gasteiger partial charge in [-0.2, -0.15) is 5.10 Å². The molecule has 0 unspecified atom stereocenters. The molecular formula is C22H20ClN5O3. The second-order valence-corrected chi connectivity index (χ2v) is 7.36. The Labute approximate surface area is 182 Å². The number of ether oxygens (including phenoxy) is 1. The first-order valence-electron chi connectivity index (χ1n) is 9.72. The zero-order chi connectivity index (χ0) is 21.8. The van der Waals surface area contributed by atoms with Crippen molar-refractivity contribution in [2.24, 2.45) is 0 Å². The van der Waals surface area contributed by atoms with Gasteiger partial charge in [0, 0.05) is 11.4 Å². The summed E-state index contributed by atoms with van der Waals surface area (Å²) < 4.78 is 7.22. The summed E-state index contributed by atoms with van der Waals surface area (Å²) in [5.74, 6) is 0.575. The Bertz CT molecular complexity index is 1300. The number of aryl methyl sites for hydroxylation is 1. The Morgan fingerprint density at radius 2 is 2.10 bits per heavy atom. The van der Waals surface area contributed by atoms with Gasteiger partial charge in [0.25, 0.3) is 5.56 Å². The molecule has 2 aromatic heterocycles. The van der Waals surface area contributed by atoms with Crippen molar-refractivity contribution in [3.05, 3.63) is 75.9 Å². The number of amides is 1. The number of carbonyl (C=O) groups is 1. The number of halogens is 1. The molecule has 1 amide bonds. The first-order valence-corrected chi connectivity index (χ1v) is 10.1. The zero-order valence-electron chi connectivity index (χ0n) is 16.8. The normalized spacial score (nSPS) is 10.9. The molecule has 0 atom stereocenters. The number of rotatable bonds is 7. The molecule has 158 valence electrons. The third kappa shape index (κ3) is 4.59. The van der Waals surface area contributed by atoms with Crippen LogP contribution in [0.5, 0.6) is 5.75 Å². The van der Waals surface area contributed by atoms with Crippen molar-refractivity contribution < 1.29 is 9.53 Å². The highest BCUT2D eigenvalue weighted by Gasteiger charge is 2.13. The number of H-pyrrole nitrogens is 1. The van der Waals surface area contributed by atoms with Crippen molar-refractivity contribution in [1.82, 2.24) is 19.7 Å². The fourth-order valence-electron chi connectivity index (χ4n) is 3.14. The molecule has 0 saturated heterocycles. The van der Waals surface area contributed by atoms with Crippen molar-refractivity contribution in [3.63, 3.8) is 0 Å². The van der Waals surface area contributed by atoms with Crippen molar-refractivity contribution in [3.8, 4) is 11.4 Å². The minimum atomic E-state index is -0.270. The Morgan fingerprint density at radius 3 is 2.94 bits per heavy atom. The minimum Gasteiger partial charge on any atom is -0.494 e. The monoisotopic (exact) mass is 437 g/mol. The molecule has 0 aliphatic rings. The van der Waals surface area contributed by atoms with Gasteiger partial charge in [-0.1, -0.05) is 23.7 Å². The van der Waals surface area contributed by atoms with Crippen LogP contribution in [0.4, 0.5) is 5.69 Å². The van der Waals surface area contributed by atoms with Gasteiger partial charge < -0.3 is 15.0 Å². The number of para-hydroxylation sites is 2. The lowest BCUT2D eigenvalue weighted by Gasteiger charge is -2.12. The average Bonchev–Trinajstić information content (AvgIpc) is 3.19. The highest BCUT2D eigenvalue weighted by atomic mass is 35.5. The molecule has 0 bridgehead atoms. The summed E-state index contributed by atoms with van der Waals surface area (Å²) in [6.07, 6.45) is 3.62. The van der Waals surface area contributed by atoms with Gasteiger partial charge in [-0.3, -0.25) is 9.59 Å². The smallest absolute Gasteiger partial charge is 0.261 e. The highest BCUT2D eigenvalue weighted by Crippen LogP contribution is 2.23. The number of anilines is 1. The van der Waals surface area contributed by atoms with E-state index in [1.54, 1.807) is 24.3 Å². The lowest BCUT2D eigenvalue weighted by Crippen LogP contribution is -2.15. The molecule has 0 spiro atoms. The van der Waals surface area contributed by atoms with Crippen LogP contribution in [0, 0.1) is 6.92 Å². The van der Waals surface area contributed by atoms with Gasteiger partial charge in [0.2, 0.25) is 5.91 Å². The van der Waals surface area contributed by atoms with Crippen LogP contribution in [0.15, 0.2) is 59.8 Å². The molecular weight excluding hydrogens is 418 g/mol. The Morgan fingerprint density at radius 1 is 1.26 bits per heavy atom. The summed E-state index contributed by atoms with van der Waals surface area (Å²) in [5.41, 5.74) is 2.28. The lowest BCUT2D eigenvalue weighted by molar-refractivity contribution is -0.116. The van der Waals surface area contributed by atoms with Crippen LogP contribution in [0.2, 0.25) is 5.02 Å². The van der Waals surface area contributed by atoms with E-state index in [2.05, 4.69) is 20.4 Å². The number of carbonyl (C=O) groups excluding carboxylic acids is 1. The van der Waals surface area contributed by atoms with E-state index in [9.17, 15) is 9.59 Å². The first-order chi connectivity index (χ1) is 15.0. The van der Waals surface area contributed by atoms with E-state index in [1.807, 2.05) is 25.1 Å². The van der Waals surface area contributed by atoms with E-state index in [4.69, 9.17) is 16.3 Å². The number of aromatic nitrogens is 4. The van der Waals surface area contributed by atoms with E-state index in [0.29, 0.717) is 46.9 Å². The van der Waals surface area contributed by atoms with Crippen molar-refractivity contribution in [1.29, 1.82) is 0 Å². The molecule has 9 heteroatoms. The third-order valence-corrected chi connectivity index (χ3v) is 5.15. The SMILES string of the molecule is Cc1cc(OCCCC(=O)Nc2ccccc2-n2ncc3c(=O)[nH]cnc32)ccc1Cl. The number of benzene rings is 2. The van der Waals surface area contributed by atoms with Crippen LogP contribution in [0.1, 0.15) is 18.4 Å². The van der Waals surface area contributed by atoms with Gasteiger partial charge in [0.1, 0.15) is 11.1 Å². The average molecular weight is 438 g/mol. The largest absolute Gasteiger partial charge is 0.494 e. The molecule has 8 nitrogen and oxygen atoms in total. The van der Waals surface area contributed by atoms with Gasteiger partial charge in [-0.05, 0) is 49.2 Å². The van der Waals surface area contributed by atoms with Crippen LogP contribution in [-0.4, -0.2) is 32.3 Å². The lowest BCUT2D eigenvalue weighted by atomic mass is 10.2. The molecule has 2 N–H and O–H groups in total. The fraction of sp³-hybridized carbons (Fsp3) is 0.182. The summed E-state index contributed by atoms with van der Waals surface area (Å²) in [7, 11) is 0. The summed E-state index contributed by atoms with van der Waals surface area (Å²) in [4.78, 5) is 31.1. The van der Waals surface area contributed by atoms with Crippen LogP contribution >= 0.6 is 11.6 Å². The second kappa shape index (κ2) is 9.01. The van der Waals surface area contributed by atoms with Crippen molar-refractivity contribution in [2.45, 2.75) is 19.8 Å². The maximum Gasteiger partial charge on any atom is 0.261 e. The fourth-order valence-corrected chi connectivity index (χ4v) is 3.26. The van der Waals surface area contributed by atoms with E-state index >= 15 is 0 Å². The molecule has 0 radical (unpaired) electrons. The predicted molar refractivity (Wildman–Crippen MR) is 119 cm³/mol. The van der Waals surface area contributed by atoms with Gasteiger partial charge in [0.05, 0.1) is 30.5 Å². The summed E-state index contributed by atoms with van der Waals surface area (Å²) in [6, 6.07) is 12.7. The molecule has 0 aliphatic heterocycles. The van der Waals surface area contributed by atoms with Gasteiger partial charge in [-0.15, -0.1) is 0 Å². The maximum atomic E-state index is 12.5. The molecule has 0 fully saturated rings. The number of hydrogen-bond donors (Lipinski definition) is 2. The predicted octanol–water partition coefficient (Wildman–Crippen LogP) is 3.87. The van der Waals surface area contributed by atoms with E-state index in [-0.39, 0.29) is 11.5 Å². The number of fused-ring (bicyclic) bond motifs is 1. The van der Waals surface area contributed by atoms with Gasteiger partial charge in [-0.25, -0.2) is 9.67 Å². The standard InChI is InChI=1S/C22H20ClN5O3/c1-14-11-15(8-9-17(14)23)31-10-4-7-20(29)27-18-5-2-3-6-19(18)28-21-16(12-26-28)22(30)25-13-24-21/h2-3,5-6,8-9,11-13H,4,7,10H2,1H3,(H,27,29)(H,24,25,30). The number of aromatic amines is 1. The van der Waals surface area contributed by atoms with Crippen LogP contribution < -0.4 is 15.6 Å². The summed E-state index contributed by atoms with van der Waals surface area (Å²) in [6.45, 7) is 2.32. The topological polar surface area (TPSA) is 102 Å². The van der Waals surface area contributed by atoms with Gasteiger partial charge >= 0.3 is 0 Å². The molecule has 2 aromatic carbocycles. The van der Waals surface area contributed by atoms with E-state index < -0.39 is 0 Å². The number of hydrogen-bond acceptors (Lipinski definition) is 5. The zero-order valence-corrected chi connectivity index (χ0v) is 17.5. The molecule has 0 aliphatic carbocycles. The minimum absolute atomic E-state index is 0.148. The second-order valence-electron chi connectivity index (χ2n) is 6.95. The molecule has 4 aromatic rings. The maximum absolute atomic E-state index is 12.5. The summed E-state index contributed by atoms with van der Waals surface area (Å²) >= 11 is 6.01. The molecule has 31 heavy (non-hydrogen) atoms. The third-order valence-electron chi connectivity index (χ3n) is 4.72. The number of nitrogens with zero attached hydrogens (tertiary/aromatic N) is 3. The Balaban J connectivity index is 1.40. The highest BCUT2D eigenvalue weighted by molar-refractivity contribution is 6.31. The Hall–Kier alpha value is -3.65. The van der Waals surface area contributed by atoms with Crippen molar-refractivity contribution in [2.75, 3.05) is 11.9 Å².